The van der Waals surface area contributed by atoms with Crippen LogP contribution in [0.25, 0.3) is 0 Å². The minimum absolute atomic E-state index is 0.375. The molecule has 200 valence electrons. The van der Waals surface area contributed by atoms with Crippen LogP contribution in [0.2, 0.25) is 0 Å². The molecular weight excluding hydrogens is 426 g/mol. The van der Waals surface area contributed by atoms with Crippen molar-refractivity contribution < 1.29 is 20.1 Å². The maximum atomic E-state index is 12.2. The van der Waals surface area contributed by atoms with Crippen LogP contribution < -0.4 is 5.32 Å². The molecule has 3 atom stereocenters. The highest BCUT2D eigenvalue weighted by Gasteiger charge is 2.22. The zero-order valence-corrected chi connectivity index (χ0v) is 22.2. The minimum Gasteiger partial charge on any atom is -0.394 e. The molecule has 0 rings (SSSR count). The van der Waals surface area contributed by atoms with Gasteiger partial charge in [-0.05, 0) is 32.1 Å². The number of carbonyl (C=O) groups is 1. The number of allylic oxidation sites excluding steroid dienone is 3. The van der Waals surface area contributed by atoms with E-state index in [-0.39, 0.29) is 6.61 Å². The van der Waals surface area contributed by atoms with Crippen LogP contribution in [0.5, 0.6) is 0 Å². The predicted octanol–water partition coefficient (Wildman–Crippen LogP) is 6.36. The van der Waals surface area contributed by atoms with Gasteiger partial charge < -0.3 is 20.6 Å². The number of hydrogen-bond acceptors (Lipinski definition) is 4. The Morgan fingerprint density at radius 3 is 1.79 bits per heavy atom. The van der Waals surface area contributed by atoms with E-state index in [1.165, 1.54) is 70.6 Å². The number of amides is 1. The van der Waals surface area contributed by atoms with Crippen LogP contribution in [0.15, 0.2) is 24.3 Å². The molecule has 5 nitrogen and oxygen atoms in total. The summed E-state index contributed by atoms with van der Waals surface area (Å²) < 4.78 is 0. The average Bonchev–Trinajstić information content (AvgIpc) is 2.84. The molecule has 0 saturated heterocycles. The Balaban J connectivity index is 3.93. The molecule has 0 saturated carbocycles. The van der Waals surface area contributed by atoms with Gasteiger partial charge in [0.2, 0.25) is 5.91 Å². The van der Waals surface area contributed by atoms with Gasteiger partial charge in [-0.2, -0.15) is 0 Å². The molecule has 0 unspecified atom stereocenters. The van der Waals surface area contributed by atoms with Gasteiger partial charge in [-0.15, -0.1) is 0 Å². The summed E-state index contributed by atoms with van der Waals surface area (Å²) in [6.07, 6.45) is 26.3. The van der Waals surface area contributed by atoms with E-state index in [2.05, 4.69) is 31.3 Å². The van der Waals surface area contributed by atoms with Gasteiger partial charge in [0.15, 0.2) is 0 Å². The molecular formula is C29H55NO4. The molecule has 0 radical (unpaired) electrons. The maximum Gasteiger partial charge on any atom is 0.249 e. The standard InChI is InChI=1S/C29H55NO4/c1-3-5-7-9-11-12-13-14-15-16-18-19-21-23-27(32)26(25-31)30-29(34)28(33)24-22-20-17-10-8-6-4-2/h15-16,21,23,26-28,31-33H,3-14,17-20,22,24-25H2,1-2H3,(H,30,34)/b16-15+,23-21+/t26-,27+,28-/m0/s1. The minimum atomic E-state index is -1.10. The van der Waals surface area contributed by atoms with Crippen molar-refractivity contribution in [1.82, 2.24) is 5.32 Å². The van der Waals surface area contributed by atoms with Crippen molar-refractivity contribution in [3.8, 4) is 0 Å². The molecule has 4 N–H and O–H groups in total. The highest BCUT2D eigenvalue weighted by atomic mass is 16.3. The first kappa shape index (κ1) is 32.8. The fraction of sp³-hybridized carbons (Fsp3) is 0.828. The molecule has 5 heteroatoms. The summed E-state index contributed by atoms with van der Waals surface area (Å²) in [7, 11) is 0. The lowest BCUT2D eigenvalue weighted by molar-refractivity contribution is -0.131. The summed E-state index contributed by atoms with van der Waals surface area (Å²) in [6.45, 7) is 4.06. The van der Waals surface area contributed by atoms with Crippen LogP contribution >= 0.6 is 0 Å². The van der Waals surface area contributed by atoms with E-state index in [9.17, 15) is 20.1 Å². The van der Waals surface area contributed by atoms with Gasteiger partial charge in [0.05, 0.1) is 18.8 Å². The topological polar surface area (TPSA) is 89.8 Å². The van der Waals surface area contributed by atoms with Crippen molar-refractivity contribution in [3.63, 3.8) is 0 Å². The third-order valence-electron chi connectivity index (χ3n) is 6.29. The smallest absolute Gasteiger partial charge is 0.249 e. The van der Waals surface area contributed by atoms with Crippen molar-refractivity contribution in [2.24, 2.45) is 0 Å². The summed E-state index contributed by atoms with van der Waals surface area (Å²) in [6, 6.07) is -0.805. The molecule has 1 amide bonds. The second-order valence-electron chi connectivity index (χ2n) is 9.60. The summed E-state index contributed by atoms with van der Waals surface area (Å²) in [5.74, 6) is -0.522. The van der Waals surface area contributed by atoms with Crippen molar-refractivity contribution >= 4 is 5.91 Å². The van der Waals surface area contributed by atoms with E-state index in [1.807, 2.05) is 6.08 Å². The number of carbonyl (C=O) groups excluding carboxylic acids is 1. The lowest BCUT2D eigenvalue weighted by Crippen LogP contribution is -2.48. The van der Waals surface area contributed by atoms with Gasteiger partial charge >= 0.3 is 0 Å². The molecule has 0 spiro atoms. The number of unbranched alkanes of at least 4 members (excludes halogenated alkanes) is 14. The Bertz CT molecular complexity index is 506. The molecule has 0 bridgehead atoms. The lowest BCUT2D eigenvalue weighted by atomic mass is 10.1. The first-order valence-electron chi connectivity index (χ1n) is 14.2. The molecule has 0 heterocycles. The summed E-state index contributed by atoms with van der Waals surface area (Å²) in [5.41, 5.74) is 0. The molecule has 0 fully saturated rings. The van der Waals surface area contributed by atoms with Crippen molar-refractivity contribution in [2.45, 2.75) is 148 Å². The normalized spacial score (nSPS) is 14.6. The molecule has 0 aliphatic carbocycles. The molecule has 0 aliphatic heterocycles. The van der Waals surface area contributed by atoms with Gasteiger partial charge in [-0.3, -0.25) is 4.79 Å². The summed E-state index contributed by atoms with van der Waals surface area (Å²) in [5, 5.41) is 32.5. The lowest BCUT2D eigenvalue weighted by Gasteiger charge is -2.21. The fourth-order valence-electron chi connectivity index (χ4n) is 3.96. The highest BCUT2D eigenvalue weighted by Crippen LogP contribution is 2.11. The van der Waals surface area contributed by atoms with E-state index in [0.717, 1.165) is 38.5 Å². The second kappa shape index (κ2) is 24.9. The fourth-order valence-corrected chi connectivity index (χ4v) is 3.96. The molecule has 34 heavy (non-hydrogen) atoms. The van der Waals surface area contributed by atoms with E-state index in [4.69, 9.17) is 0 Å². The number of nitrogens with one attached hydrogen (secondary N) is 1. The maximum absolute atomic E-state index is 12.2. The van der Waals surface area contributed by atoms with E-state index in [0.29, 0.717) is 6.42 Å². The molecule has 0 aromatic heterocycles. The van der Waals surface area contributed by atoms with Gasteiger partial charge in [0.25, 0.3) is 0 Å². The Hall–Kier alpha value is -1.17. The highest BCUT2D eigenvalue weighted by molar-refractivity contribution is 5.80. The second-order valence-corrected chi connectivity index (χ2v) is 9.60. The van der Waals surface area contributed by atoms with Crippen LogP contribution in [0, 0.1) is 0 Å². The Kier molecular flexibility index (Phi) is 24.1. The Labute approximate surface area is 210 Å². The van der Waals surface area contributed by atoms with Crippen molar-refractivity contribution in [3.05, 3.63) is 24.3 Å². The first-order chi connectivity index (χ1) is 16.6. The van der Waals surface area contributed by atoms with Gasteiger partial charge in [-0.1, -0.05) is 122 Å². The van der Waals surface area contributed by atoms with Crippen LogP contribution in [0.1, 0.15) is 129 Å². The van der Waals surface area contributed by atoms with Crippen molar-refractivity contribution in [1.29, 1.82) is 0 Å². The quantitative estimate of drug-likeness (QED) is 0.0954. The largest absolute Gasteiger partial charge is 0.394 e. The summed E-state index contributed by atoms with van der Waals surface area (Å²) in [4.78, 5) is 12.2. The molecule has 0 aliphatic rings. The molecule has 0 aromatic rings. The van der Waals surface area contributed by atoms with Crippen LogP contribution in [0.3, 0.4) is 0 Å². The van der Waals surface area contributed by atoms with E-state index >= 15 is 0 Å². The van der Waals surface area contributed by atoms with Gasteiger partial charge in [-0.25, -0.2) is 0 Å². The summed E-state index contributed by atoms with van der Waals surface area (Å²) >= 11 is 0. The number of aliphatic hydroxyl groups excluding tert-OH is 3. The molecule has 0 aromatic carbocycles. The van der Waals surface area contributed by atoms with Gasteiger partial charge in [0, 0.05) is 0 Å². The zero-order chi connectivity index (χ0) is 25.3. The predicted molar refractivity (Wildman–Crippen MR) is 144 cm³/mol. The SMILES string of the molecule is CCCCCCCCC/C=C/CC/C=C/[C@@H](O)[C@H](CO)NC(=O)[C@@H](O)CCCCCCCCC. The monoisotopic (exact) mass is 481 g/mol. The number of rotatable bonds is 24. The van der Waals surface area contributed by atoms with Crippen LogP contribution in [-0.4, -0.2) is 46.1 Å². The number of hydrogen-bond donors (Lipinski definition) is 4. The number of aliphatic hydroxyl groups is 3. The van der Waals surface area contributed by atoms with E-state index < -0.39 is 24.2 Å². The van der Waals surface area contributed by atoms with E-state index in [1.54, 1.807) is 6.08 Å². The van der Waals surface area contributed by atoms with Gasteiger partial charge in [0.1, 0.15) is 6.10 Å². The third-order valence-corrected chi connectivity index (χ3v) is 6.29. The van der Waals surface area contributed by atoms with Crippen molar-refractivity contribution in [2.75, 3.05) is 6.61 Å². The average molecular weight is 482 g/mol. The Morgan fingerprint density at radius 1 is 0.706 bits per heavy atom. The Morgan fingerprint density at radius 2 is 1.21 bits per heavy atom. The van der Waals surface area contributed by atoms with Crippen LogP contribution in [0.4, 0.5) is 0 Å². The third kappa shape index (κ3) is 20.2. The first-order valence-corrected chi connectivity index (χ1v) is 14.2. The zero-order valence-electron chi connectivity index (χ0n) is 22.2. The van der Waals surface area contributed by atoms with Crippen LogP contribution in [-0.2, 0) is 4.79 Å².